The van der Waals surface area contributed by atoms with Gasteiger partial charge in [-0.1, -0.05) is 12.1 Å². The average Bonchev–Trinajstić information content (AvgIpc) is 2.60. The molecule has 0 unspecified atom stereocenters. The number of nitrogens with zero attached hydrogens (tertiary/aromatic N) is 1. The van der Waals surface area contributed by atoms with Crippen molar-refractivity contribution in [3.05, 3.63) is 69.1 Å². The van der Waals surface area contributed by atoms with E-state index in [4.69, 9.17) is 9.15 Å². The molecule has 0 fully saturated rings. The second-order valence-corrected chi connectivity index (χ2v) is 7.24. The van der Waals surface area contributed by atoms with E-state index < -0.39 is 5.63 Å². The Morgan fingerprint density at radius 2 is 1.70 bits per heavy atom. The Bertz CT molecular complexity index is 1110. The molecule has 1 aliphatic heterocycles. The van der Waals surface area contributed by atoms with Crippen LogP contribution in [0.5, 0.6) is 5.75 Å². The lowest BCUT2D eigenvalue weighted by Gasteiger charge is -2.28. The van der Waals surface area contributed by atoms with Gasteiger partial charge in [0.15, 0.2) is 5.78 Å². The number of rotatable bonds is 2. The summed E-state index contributed by atoms with van der Waals surface area (Å²) in [6, 6.07) is 11.2. The van der Waals surface area contributed by atoms with Crippen LogP contribution in [0.3, 0.4) is 0 Å². The quantitative estimate of drug-likeness (QED) is 0.639. The molecule has 2 aromatic carbocycles. The van der Waals surface area contributed by atoms with E-state index in [1.807, 2.05) is 57.1 Å². The van der Waals surface area contributed by atoms with Crippen LogP contribution in [0.4, 0.5) is 5.69 Å². The molecule has 2 heterocycles. The zero-order chi connectivity index (χ0) is 19.3. The molecule has 5 nitrogen and oxygen atoms in total. The average molecular weight is 363 g/mol. The van der Waals surface area contributed by atoms with Gasteiger partial charge in [-0.2, -0.15) is 0 Å². The van der Waals surface area contributed by atoms with Crippen molar-refractivity contribution in [2.75, 3.05) is 19.0 Å². The van der Waals surface area contributed by atoms with Crippen LogP contribution in [-0.2, 0) is 0 Å². The van der Waals surface area contributed by atoms with Gasteiger partial charge in [0.05, 0.1) is 17.4 Å². The molecule has 3 aromatic rings. The third-order valence-electron chi connectivity index (χ3n) is 5.07. The molecule has 0 saturated heterocycles. The highest BCUT2D eigenvalue weighted by atomic mass is 16.5. The second-order valence-electron chi connectivity index (χ2n) is 7.24. The summed E-state index contributed by atoms with van der Waals surface area (Å²) < 4.78 is 11.7. The topological polar surface area (TPSA) is 59.8 Å². The van der Waals surface area contributed by atoms with Crippen molar-refractivity contribution in [1.82, 2.24) is 0 Å². The van der Waals surface area contributed by atoms with E-state index in [0.717, 1.165) is 22.4 Å². The third kappa shape index (κ3) is 2.89. The molecule has 0 aliphatic carbocycles. The van der Waals surface area contributed by atoms with Crippen molar-refractivity contribution in [3.63, 3.8) is 0 Å². The largest absolute Gasteiger partial charge is 0.484 e. The van der Waals surface area contributed by atoms with Crippen LogP contribution in [-0.4, -0.2) is 19.9 Å². The summed E-state index contributed by atoms with van der Waals surface area (Å²) in [6.07, 6.45) is -0.0752. The lowest BCUT2D eigenvalue weighted by Crippen LogP contribution is -2.22. The molecule has 0 radical (unpaired) electrons. The van der Waals surface area contributed by atoms with Gasteiger partial charge in [-0.25, -0.2) is 4.79 Å². The van der Waals surface area contributed by atoms with Gasteiger partial charge in [0.25, 0.3) is 0 Å². The maximum absolute atomic E-state index is 12.9. The maximum Gasteiger partial charge on any atom is 0.336 e. The van der Waals surface area contributed by atoms with Gasteiger partial charge in [0, 0.05) is 25.8 Å². The lowest BCUT2D eigenvalue weighted by molar-refractivity contribution is 0.0852. The van der Waals surface area contributed by atoms with Crippen LogP contribution in [0.2, 0.25) is 0 Å². The first kappa shape index (κ1) is 17.3. The Morgan fingerprint density at radius 3 is 2.37 bits per heavy atom. The summed E-state index contributed by atoms with van der Waals surface area (Å²) >= 11 is 0. The summed E-state index contributed by atoms with van der Waals surface area (Å²) in [7, 11) is 3.97. The summed E-state index contributed by atoms with van der Waals surface area (Å²) in [5.74, 6) is 0.562. The predicted octanol–water partition coefficient (Wildman–Crippen LogP) is 4.18. The minimum absolute atomic E-state index is 0.0444. The SMILES string of the molecule is Cc1cc2oc(=O)cc(C)c2c2c1C(=O)C[C@H](c1ccc(N(C)C)cc1)O2. The Kier molecular flexibility index (Phi) is 4.02. The first-order valence-corrected chi connectivity index (χ1v) is 8.90. The zero-order valence-corrected chi connectivity index (χ0v) is 15.8. The van der Waals surface area contributed by atoms with Gasteiger partial charge in [0.1, 0.15) is 17.4 Å². The smallest absolute Gasteiger partial charge is 0.336 e. The standard InChI is InChI=1S/C22H21NO4/c1-12-9-18-21(13(2)10-19(25)26-18)22-20(12)16(24)11-17(27-22)14-5-7-15(8-6-14)23(3)4/h5-10,17H,11H2,1-4H3/t17-/m1/s1. The third-order valence-corrected chi connectivity index (χ3v) is 5.07. The summed E-state index contributed by atoms with van der Waals surface area (Å²) in [4.78, 5) is 26.7. The summed E-state index contributed by atoms with van der Waals surface area (Å²) in [6.45, 7) is 3.67. The molecule has 1 aliphatic rings. The Balaban J connectivity index is 1.85. The second kappa shape index (κ2) is 6.27. The van der Waals surface area contributed by atoms with Gasteiger partial charge in [-0.05, 0) is 48.7 Å². The van der Waals surface area contributed by atoms with Crippen molar-refractivity contribution in [1.29, 1.82) is 0 Å². The number of hydrogen-bond donors (Lipinski definition) is 0. The Labute approximate surface area is 157 Å². The van der Waals surface area contributed by atoms with Crippen LogP contribution in [0.15, 0.2) is 45.6 Å². The van der Waals surface area contributed by atoms with Crippen LogP contribution >= 0.6 is 0 Å². The molecule has 5 heteroatoms. The minimum atomic E-state index is -0.405. The normalized spacial score (nSPS) is 16.1. The molecule has 27 heavy (non-hydrogen) atoms. The molecule has 4 rings (SSSR count). The number of anilines is 1. The molecule has 0 saturated carbocycles. The first-order chi connectivity index (χ1) is 12.8. The number of benzene rings is 2. The Morgan fingerprint density at radius 1 is 1.00 bits per heavy atom. The van der Waals surface area contributed by atoms with Gasteiger partial charge in [-0.15, -0.1) is 0 Å². The van der Waals surface area contributed by atoms with Crippen molar-refractivity contribution < 1.29 is 13.9 Å². The number of hydrogen-bond acceptors (Lipinski definition) is 5. The fraction of sp³-hybridized carbons (Fsp3) is 0.273. The highest BCUT2D eigenvalue weighted by Gasteiger charge is 2.31. The van der Waals surface area contributed by atoms with Crippen molar-refractivity contribution in [2.45, 2.75) is 26.4 Å². The highest BCUT2D eigenvalue weighted by Crippen LogP contribution is 2.42. The number of ketones is 1. The van der Waals surface area contributed by atoms with E-state index in [1.54, 1.807) is 6.07 Å². The van der Waals surface area contributed by atoms with E-state index in [0.29, 0.717) is 22.3 Å². The zero-order valence-electron chi connectivity index (χ0n) is 15.8. The van der Waals surface area contributed by atoms with Gasteiger partial charge in [0.2, 0.25) is 0 Å². The summed E-state index contributed by atoms with van der Waals surface area (Å²) in [5, 5.41) is 0.693. The monoisotopic (exact) mass is 363 g/mol. The molecule has 0 amide bonds. The van der Waals surface area contributed by atoms with Gasteiger partial charge in [-0.3, -0.25) is 4.79 Å². The highest BCUT2D eigenvalue weighted by molar-refractivity contribution is 6.07. The molecule has 138 valence electrons. The van der Waals surface area contributed by atoms with E-state index in [-0.39, 0.29) is 18.3 Å². The number of fused-ring (bicyclic) bond motifs is 3. The maximum atomic E-state index is 12.9. The number of carbonyl (C=O) groups excluding carboxylic acids is 1. The molecule has 0 spiro atoms. The molecular formula is C22H21NO4. The van der Waals surface area contributed by atoms with Gasteiger partial charge < -0.3 is 14.1 Å². The number of aryl methyl sites for hydroxylation is 2. The lowest BCUT2D eigenvalue weighted by atomic mass is 9.91. The molecule has 0 N–H and O–H groups in total. The molecule has 1 atom stereocenters. The fourth-order valence-corrected chi connectivity index (χ4v) is 3.69. The van der Waals surface area contributed by atoms with E-state index in [2.05, 4.69) is 0 Å². The fourth-order valence-electron chi connectivity index (χ4n) is 3.69. The van der Waals surface area contributed by atoms with E-state index >= 15 is 0 Å². The number of Topliss-reactive ketones (excluding diaryl/α,β-unsaturated/α-hetero) is 1. The van der Waals surface area contributed by atoms with Gasteiger partial charge >= 0.3 is 5.63 Å². The van der Waals surface area contributed by atoms with Crippen LogP contribution in [0.1, 0.15) is 39.6 Å². The predicted molar refractivity (Wildman–Crippen MR) is 105 cm³/mol. The number of carbonyl (C=O) groups is 1. The summed E-state index contributed by atoms with van der Waals surface area (Å²) in [5.41, 5.74) is 4.17. The van der Waals surface area contributed by atoms with Crippen LogP contribution < -0.4 is 15.3 Å². The van der Waals surface area contributed by atoms with Crippen molar-refractivity contribution in [2.24, 2.45) is 0 Å². The first-order valence-electron chi connectivity index (χ1n) is 8.90. The van der Waals surface area contributed by atoms with Crippen LogP contribution in [0.25, 0.3) is 11.0 Å². The molecule has 0 bridgehead atoms. The van der Waals surface area contributed by atoms with E-state index in [9.17, 15) is 9.59 Å². The molecule has 1 aromatic heterocycles. The van der Waals surface area contributed by atoms with E-state index in [1.165, 1.54) is 6.07 Å². The van der Waals surface area contributed by atoms with Crippen molar-refractivity contribution >= 4 is 22.4 Å². The number of ether oxygens (including phenoxy) is 1. The minimum Gasteiger partial charge on any atom is -0.484 e. The molecular weight excluding hydrogens is 342 g/mol. The Hall–Kier alpha value is -3.08. The van der Waals surface area contributed by atoms with Crippen molar-refractivity contribution in [3.8, 4) is 5.75 Å². The van der Waals surface area contributed by atoms with Crippen LogP contribution in [0, 0.1) is 13.8 Å².